The van der Waals surface area contributed by atoms with Crippen LogP contribution < -0.4 is 4.74 Å². The predicted molar refractivity (Wildman–Crippen MR) is 67.1 cm³/mol. The molecule has 0 bridgehead atoms. The Bertz CT molecular complexity index is 633. The molecule has 2 nitrogen and oxygen atoms in total. The minimum absolute atomic E-state index is 0.0415. The first-order chi connectivity index (χ1) is 9.49. The summed E-state index contributed by atoms with van der Waals surface area (Å²) in [7, 11) is 0. The predicted octanol–water partition coefficient (Wildman–Crippen LogP) is 3.89. The van der Waals surface area contributed by atoms with Gasteiger partial charge < -0.3 is 4.74 Å². The standard InChI is InChI=1S/C15H11F3O2/c1-9(19)11-6-5-10(16)7-15(11)20-8-12-13(17)3-2-4-14(12)18/h2-7H,8H2,1H3. The van der Waals surface area contributed by atoms with Crippen molar-refractivity contribution in [3.8, 4) is 5.75 Å². The lowest BCUT2D eigenvalue weighted by Gasteiger charge is -2.11. The Balaban J connectivity index is 2.27. The van der Waals surface area contributed by atoms with Gasteiger partial charge in [-0.2, -0.15) is 0 Å². The average Bonchev–Trinajstić information content (AvgIpc) is 2.37. The number of hydrogen-bond acceptors (Lipinski definition) is 2. The van der Waals surface area contributed by atoms with Crippen molar-refractivity contribution in [2.75, 3.05) is 0 Å². The molecule has 0 aliphatic rings. The molecule has 2 aromatic rings. The van der Waals surface area contributed by atoms with Crippen LogP contribution in [0.4, 0.5) is 13.2 Å². The van der Waals surface area contributed by atoms with Crippen molar-refractivity contribution >= 4 is 5.78 Å². The Morgan fingerprint density at radius 3 is 2.35 bits per heavy atom. The lowest BCUT2D eigenvalue weighted by Crippen LogP contribution is -2.05. The van der Waals surface area contributed by atoms with E-state index in [2.05, 4.69) is 0 Å². The third-order valence-corrected chi connectivity index (χ3v) is 2.76. The van der Waals surface area contributed by atoms with Crippen LogP contribution in [0.5, 0.6) is 5.75 Å². The maximum Gasteiger partial charge on any atom is 0.163 e. The van der Waals surface area contributed by atoms with Crippen molar-refractivity contribution in [3.63, 3.8) is 0 Å². The monoisotopic (exact) mass is 280 g/mol. The summed E-state index contributed by atoms with van der Waals surface area (Å²) in [6.45, 7) is 0.867. The van der Waals surface area contributed by atoms with Gasteiger partial charge in [0, 0.05) is 6.07 Å². The molecule has 0 N–H and O–H groups in total. The molecular formula is C15H11F3O2. The van der Waals surface area contributed by atoms with Gasteiger partial charge in [-0.05, 0) is 31.2 Å². The van der Waals surface area contributed by atoms with Crippen molar-refractivity contribution in [3.05, 3.63) is 65.0 Å². The van der Waals surface area contributed by atoms with E-state index in [1.54, 1.807) is 0 Å². The van der Waals surface area contributed by atoms with Crippen LogP contribution in [0.3, 0.4) is 0 Å². The third kappa shape index (κ3) is 2.99. The Morgan fingerprint density at radius 1 is 1.10 bits per heavy atom. The molecule has 2 aromatic carbocycles. The molecule has 0 aromatic heterocycles. The zero-order chi connectivity index (χ0) is 14.7. The number of halogens is 3. The van der Waals surface area contributed by atoms with Crippen molar-refractivity contribution in [2.24, 2.45) is 0 Å². The van der Waals surface area contributed by atoms with Crippen LogP contribution in [0.1, 0.15) is 22.8 Å². The molecule has 0 fully saturated rings. The first kappa shape index (κ1) is 14.1. The fourth-order valence-corrected chi connectivity index (χ4v) is 1.73. The number of rotatable bonds is 4. The Morgan fingerprint density at radius 2 is 1.75 bits per heavy atom. The van der Waals surface area contributed by atoms with Crippen molar-refractivity contribution < 1.29 is 22.7 Å². The van der Waals surface area contributed by atoms with Gasteiger partial charge in [0.05, 0.1) is 11.1 Å². The molecule has 0 amide bonds. The molecule has 0 saturated heterocycles. The van der Waals surface area contributed by atoms with Gasteiger partial charge in [-0.15, -0.1) is 0 Å². The van der Waals surface area contributed by atoms with E-state index in [4.69, 9.17) is 4.74 Å². The van der Waals surface area contributed by atoms with Crippen molar-refractivity contribution in [2.45, 2.75) is 13.5 Å². The Hall–Kier alpha value is -2.30. The van der Waals surface area contributed by atoms with E-state index in [0.29, 0.717) is 0 Å². The number of Topliss-reactive ketones (excluding diaryl/α,β-unsaturated/α-hetero) is 1. The van der Waals surface area contributed by atoms with Gasteiger partial charge in [0.15, 0.2) is 5.78 Å². The highest BCUT2D eigenvalue weighted by atomic mass is 19.1. The van der Waals surface area contributed by atoms with E-state index in [9.17, 15) is 18.0 Å². The molecule has 0 aliphatic heterocycles. The fraction of sp³-hybridized carbons (Fsp3) is 0.133. The number of hydrogen-bond donors (Lipinski definition) is 0. The quantitative estimate of drug-likeness (QED) is 0.794. The number of benzene rings is 2. The SMILES string of the molecule is CC(=O)c1ccc(F)cc1OCc1c(F)cccc1F. The number of carbonyl (C=O) groups is 1. The van der Waals surface area contributed by atoms with Gasteiger partial charge in [0.25, 0.3) is 0 Å². The Labute approximate surface area is 113 Å². The van der Waals surface area contributed by atoms with Crippen molar-refractivity contribution in [1.29, 1.82) is 0 Å². The van der Waals surface area contributed by atoms with Crippen LogP contribution in [0, 0.1) is 17.5 Å². The van der Waals surface area contributed by atoms with E-state index in [0.717, 1.165) is 24.3 Å². The maximum absolute atomic E-state index is 13.4. The second kappa shape index (κ2) is 5.77. The smallest absolute Gasteiger partial charge is 0.163 e. The lowest BCUT2D eigenvalue weighted by molar-refractivity contribution is 0.101. The Kier molecular flexibility index (Phi) is 4.08. The van der Waals surface area contributed by atoms with Gasteiger partial charge in [-0.1, -0.05) is 6.07 Å². The highest BCUT2D eigenvalue weighted by molar-refractivity contribution is 5.96. The lowest BCUT2D eigenvalue weighted by atomic mass is 10.1. The molecule has 20 heavy (non-hydrogen) atoms. The summed E-state index contributed by atoms with van der Waals surface area (Å²) in [4.78, 5) is 11.4. The zero-order valence-corrected chi connectivity index (χ0v) is 10.6. The number of carbonyl (C=O) groups excluding carboxylic acids is 1. The van der Waals surface area contributed by atoms with Crippen LogP contribution in [-0.2, 0) is 6.61 Å². The second-order valence-electron chi connectivity index (χ2n) is 4.19. The first-order valence-corrected chi connectivity index (χ1v) is 5.85. The summed E-state index contributed by atoms with van der Waals surface area (Å²) in [5, 5.41) is 0. The zero-order valence-electron chi connectivity index (χ0n) is 10.6. The van der Waals surface area contributed by atoms with E-state index < -0.39 is 24.1 Å². The third-order valence-electron chi connectivity index (χ3n) is 2.76. The molecule has 0 aliphatic carbocycles. The summed E-state index contributed by atoms with van der Waals surface area (Å²) in [5.41, 5.74) is -0.116. The van der Waals surface area contributed by atoms with Gasteiger partial charge in [0.1, 0.15) is 29.8 Å². The summed E-state index contributed by atoms with van der Waals surface area (Å²) < 4.78 is 45.2. The topological polar surface area (TPSA) is 26.3 Å². The molecule has 0 heterocycles. The molecule has 2 rings (SSSR count). The van der Waals surface area contributed by atoms with E-state index in [-0.39, 0.29) is 22.7 Å². The number of ether oxygens (including phenoxy) is 1. The number of ketones is 1. The van der Waals surface area contributed by atoms with E-state index in [1.165, 1.54) is 19.1 Å². The van der Waals surface area contributed by atoms with Gasteiger partial charge in [-0.25, -0.2) is 13.2 Å². The van der Waals surface area contributed by atoms with Crippen LogP contribution in [0.15, 0.2) is 36.4 Å². The summed E-state index contributed by atoms with van der Waals surface area (Å²) in [6, 6.07) is 6.82. The first-order valence-electron chi connectivity index (χ1n) is 5.85. The highest BCUT2D eigenvalue weighted by Crippen LogP contribution is 2.23. The largest absolute Gasteiger partial charge is 0.488 e. The molecule has 104 valence electrons. The minimum atomic E-state index is -0.759. The van der Waals surface area contributed by atoms with Gasteiger partial charge in [0.2, 0.25) is 0 Å². The molecule has 0 saturated carbocycles. The van der Waals surface area contributed by atoms with Crippen LogP contribution in [-0.4, -0.2) is 5.78 Å². The fourth-order valence-electron chi connectivity index (χ4n) is 1.73. The molecule has 0 spiro atoms. The molecule has 0 unspecified atom stereocenters. The van der Waals surface area contributed by atoms with Gasteiger partial charge in [-0.3, -0.25) is 4.79 Å². The van der Waals surface area contributed by atoms with Crippen LogP contribution >= 0.6 is 0 Å². The average molecular weight is 280 g/mol. The maximum atomic E-state index is 13.4. The molecule has 5 heteroatoms. The van der Waals surface area contributed by atoms with Gasteiger partial charge >= 0.3 is 0 Å². The summed E-state index contributed by atoms with van der Waals surface area (Å²) in [5.74, 6) is -2.48. The van der Waals surface area contributed by atoms with Crippen LogP contribution in [0.25, 0.3) is 0 Å². The summed E-state index contributed by atoms with van der Waals surface area (Å²) in [6.07, 6.45) is 0. The minimum Gasteiger partial charge on any atom is -0.488 e. The molecule has 0 radical (unpaired) electrons. The van der Waals surface area contributed by atoms with Crippen LogP contribution in [0.2, 0.25) is 0 Å². The highest BCUT2D eigenvalue weighted by Gasteiger charge is 2.13. The van der Waals surface area contributed by atoms with E-state index >= 15 is 0 Å². The van der Waals surface area contributed by atoms with Crippen molar-refractivity contribution in [1.82, 2.24) is 0 Å². The normalized spacial score (nSPS) is 10.4. The molecule has 0 atom stereocenters. The second-order valence-corrected chi connectivity index (χ2v) is 4.19. The summed E-state index contributed by atoms with van der Waals surface area (Å²) >= 11 is 0. The van der Waals surface area contributed by atoms with E-state index in [1.807, 2.05) is 0 Å². The molecular weight excluding hydrogens is 269 g/mol.